The highest BCUT2D eigenvalue weighted by Gasteiger charge is 2.12. The number of halogens is 2. The fourth-order valence-electron chi connectivity index (χ4n) is 2.40. The number of benzene rings is 2. The fourth-order valence-corrected chi connectivity index (χ4v) is 2.40. The van der Waals surface area contributed by atoms with Crippen molar-refractivity contribution in [2.24, 2.45) is 0 Å². The van der Waals surface area contributed by atoms with E-state index in [1.54, 1.807) is 35.0 Å². The second-order valence-electron chi connectivity index (χ2n) is 4.97. The molecule has 3 rings (SSSR count). The number of rotatable bonds is 3. The van der Waals surface area contributed by atoms with Crippen LogP contribution in [0.3, 0.4) is 0 Å². The minimum atomic E-state index is -0.713. The van der Waals surface area contributed by atoms with Crippen LogP contribution in [0.5, 0.6) is 0 Å². The lowest BCUT2D eigenvalue weighted by molar-refractivity contribution is -0.116. The Hall–Kier alpha value is -3.20. The van der Waals surface area contributed by atoms with Gasteiger partial charge in [0.1, 0.15) is 24.2 Å². The SMILES string of the molecule is N#Cc1cn(CC(=O)Nc2cc(F)ccc2F)c2ccccc12. The summed E-state index contributed by atoms with van der Waals surface area (Å²) >= 11 is 0. The second-order valence-corrected chi connectivity index (χ2v) is 4.97. The number of para-hydroxylation sites is 1. The zero-order chi connectivity index (χ0) is 16.4. The number of nitriles is 1. The molecular formula is C17H11F2N3O. The molecule has 0 saturated carbocycles. The van der Waals surface area contributed by atoms with Crippen LogP contribution in [0.25, 0.3) is 10.9 Å². The normalized spacial score (nSPS) is 10.5. The lowest BCUT2D eigenvalue weighted by atomic mass is 10.2. The molecule has 0 saturated heterocycles. The van der Waals surface area contributed by atoms with Gasteiger partial charge in [-0.3, -0.25) is 4.79 Å². The Morgan fingerprint density at radius 1 is 1.22 bits per heavy atom. The Balaban J connectivity index is 1.86. The summed E-state index contributed by atoms with van der Waals surface area (Å²) in [6, 6.07) is 12.1. The van der Waals surface area contributed by atoms with Crippen molar-refractivity contribution in [2.45, 2.75) is 6.54 Å². The van der Waals surface area contributed by atoms with Gasteiger partial charge in [0, 0.05) is 23.2 Å². The van der Waals surface area contributed by atoms with Crippen molar-refractivity contribution < 1.29 is 13.6 Å². The molecule has 1 heterocycles. The number of nitrogens with zero attached hydrogens (tertiary/aromatic N) is 2. The number of fused-ring (bicyclic) bond motifs is 1. The van der Waals surface area contributed by atoms with Gasteiger partial charge in [-0.15, -0.1) is 0 Å². The topological polar surface area (TPSA) is 57.8 Å². The summed E-state index contributed by atoms with van der Waals surface area (Å²) in [7, 11) is 0. The van der Waals surface area contributed by atoms with E-state index in [1.165, 1.54) is 0 Å². The molecule has 114 valence electrons. The van der Waals surface area contributed by atoms with Gasteiger partial charge in [0.2, 0.25) is 5.91 Å². The van der Waals surface area contributed by atoms with Crippen LogP contribution in [0, 0.1) is 23.0 Å². The van der Waals surface area contributed by atoms with Crippen molar-refractivity contribution >= 4 is 22.5 Å². The fraction of sp³-hybridized carbons (Fsp3) is 0.0588. The number of anilines is 1. The molecule has 4 nitrogen and oxygen atoms in total. The highest BCUT2D eigenvalue weighted by atomic mass is 19.1. The Bertz CT molecular complexity index is 941. The Kier molecular flexibility index (Phi) is 3.77. The van der Waals surface area contributed by atoms with E-state index in [1.807, 2.05) is 0 Å². The zero-order valence-corrected chi connectivity index (χ0v) is 11.9. The number of hydrogen-bond acceptors (Lipinski definition) is 2. The first-order valence-corrected chi connectivity index (χ1v) is 6.81. The maximum absolute atomic E-state index is 13.5. The maximum atomic E-state index is 13.5. The van der Waals surface area contributed by atoms with Gasteiger partial charge in [0.05, 0.1) is 11.3 Å². The Labute approximate surface area is 130 Å². The van der Waals surface area contributed by atoms with Crippen molar-refractivity contribution in [1.82, 2.24) is 4.57 Å². The predicted molar refractivity (Wildman–Crippen MR) is 81.6 cm³/mol. The Morgan fingerprint density at radius 2 is 2.00 bits per heavy atom. The van der Waals surface area contributed by atoms with Crippen molar-refractivity contribution in [2.75, 3.05) is 5.32 Å². The maximum Gasteiger partial charge on any atom is 0.244 e. The molecule has 1 N–H and O–H groups in total. The van der Waals surface area contributed by atoms with Crippen molar-refractivity contribution in [3.05, 3.63) is 65.9 Å². The van der Waals surface area contributed by atoms with E-state index >= 15 is 0 Å². The van der Waals surface area contributed by atoms with Crippen LogP contribution in [-0.2, 0) is 11.3 Å². The molecule has 23 heavy (non-hydrogen) atoms. The zero-order valence-electron chi connectivity index (χ0n) is 11.9. The van der Waals surface area contributed by atoms with Crippen molar-refractivity contribution in [3.63, 3.8) is 0 Å². The van der Waals surface area contributed by atoms with Gasteiger partial charge >= 0.3 is 0 Å². The van der Waals surface area contributed by atoms with Crippen LogP contribution in [0.1, 0.15) is 5.56 Å². The summed E-state index contributed by atoms with van der Waals surface area (Å²) in [5.41, 5.74) is 0.955. The molecule has 0 spiro atoms. The second kappa shape index (κ2) is 5.89. The number of carbonyl (C=O) groups is 1. The third kappa shape index (κ3) is 2.90. The van der Waals surface area contributed by atoms with Gasteiger partial charge in [0.15, 0.2) is 0 Å². The first-order chi connectivity index (χ1) is 11.1. The molecule has 1 amide bonds. The molecule has 0 atom stereocenters. The van der Waals surface area contributed by atoms with Crippen LogP contribution < -0.4 is 5.32 Å². The molecule has 0 unspecified atom stereocenters. The largest absolute Gasteiger partial charge is 0.337 e. The molecule has 0 radical (unpaired) electrons. The minimum Gasteiger partial charge on any atom is -0.337 e. The van der Waals surface area contributed by atoms with Crippen LogP contribution in [0.4, 0.5) is 14.5 Å². The lowest BCUT2D eigenvalue weighted by Gasteiger charge is -2.08. The summed E-state index contributed by atoms with van der Waals surface area (Å²) in [6.45, 7) is -0.113. The number of hydrogen-bond donors (Lipinski definition) is 1. The van der Waals surface area contributed by atoms with Gasteiger partial charge in [-0.05, 0) is 18.2 Å². The molecule has 0 bridgehead atoms. The van der Waals surface area contributed by atoms with E-state index in [4.69, 9.17) is 5.26 Å². The summed E-state index contributed by atoms with van der Waals surface area (Å²) in [5, 5.41) is 12.2. The van der Waals surface area contributed by atoms with Gasteiger partial charge in [-0.25, -0.2) is 8.78 Å². The van der Waals surface area contributed by atoms with Crippen LogP contribution >= 0.6 is 0 Å². The third-order valence-electron chi connectivity index (χ3n) is 3.43. The quantitative estimate of drug-likeness (QED) is 0.805. The van der Waals surface area contributed by atoms with Crippen molar-refractivity contribution in [1.29, 1.82) is 5.26 Å². The third-order valence-corrected chi connectivity index (χ3v) is 3.43. The molecule has 6 heteroatoms. The van der Waals surface area contributed by atoms with E-state index in [9.17, 15) is 13.6 Å². The lowest BCUT2D eigenvalue weighted by Crippen LogP contribution is -2.19. The molecule has 2 aromatic carbocycles. The number of amides is 1. The molecule has 0 aliphatic rings. The first-order valence-electron chi connectivity index (χ1n) is 6.81. The summed E-state index contributed by atoms with van der Waals surface area (Å²) < 4.78 is 28.3. The average molecular weight is 311 g/mol. The first kappa shape index (κ1) is 14.7. The monoisotopic (exact) mass is 311 g/mol. The standard InChI is InChI=1S/C17H11F2N3O/c18-12-5-6-14(19)15(7-12)21-17(23)10-22-9-11(8-20)13-3-1-2-4-16(13)22/h1-7,9H,10H2,(H,21,23). The number of nitrogens with one attached hydrogen (secondary N) is 1. The molecule has 3 aromatic rings. The van der Waals surface area contributed by atoms with Gasteiger partial charge in [0.25, 0.3) is 0 Å². The van der Waals surface area contributed by atoms with Crippen LogP contribution in [-0.4, -0.2) is 10.5 Å². The Morgan fingerprint density at radius 3 is 2.78 bits per heavy atom. The summed E-state index contributed by atoms with van der Waals surface area (Å²) in [5.74, 6) is -1.87. The average Bonchev–Trinajstić information content (AvgIpc) is 2.89. The molecular weight excluding hydrogens is 300 g/mol. The molecule has 0 aliphatic heterocycles. The summed E-state index contributed by atoms with van der Waals surface area (Å²) in [4.78, 5) is 12.1. The van der Waals surface area contributed by atoms with E-state index in [0.29, 0.717) is 5.56 Å². The molecule has 0 fully saturated rings. The predicted octanol–water partition coefficient (Wildman–Crippen LogP) is 3.43. The highest BCUT2D eigenvalue weighted by Crippen LogP contribution is 2.21. The smallest absolute Gasteiger partial charge is 0.244 e. The van der Waals surface area contributed by atoms with E-state index in [2.05, 4.69) is 11.4 Å². The summed E-state index contributed by atoms with van der Waals surface area (Å²) in [6.07, 6.45) is 1.56. The van der Waals surface area contributed by atoms with Crippen LogP contribution in [0.2, 0.25) is 0 Å². The highest BCUT2D eigenvalue weighted by molar-refractivity contribution is 5.93. The van der Waals surface area contributed by atoms with E-state index in [0.717, 1.165) is 29.1 Å². The number of carbonyl (C=O) groups excluding carboxylic acids is 1. The molecule has 0 aliphatic carbocycles. The molecule has 1 aromatic heterocycles. The number of aromatic nitrogens is 1. The minimum absolute atomic E-state index is 0.113. The van der Waals surface area contributed by atoms with Gasteiger partial charge in [-0.1, -0.05) is 18.2 Å². The van der Waals surface area contributed by atoms with Crippen molar-refractivity contribution in [3.8, 4) is 6.07 Å². The van der Waals surface area contributed by atoms with Crippen LogP contribution in [0.15, 0.2) is 48.7 Å². The van der Waals surface area contributed by atoms with E-state index < -0.39 is 17.5 Å². The van der Waals surface area contributed by atoms with Gasteiger partial charge < -0.3 is 9.88 Å². The van der Waals surface area contributed by atoms with E-state index in [-0.39, 0.29) is 12.2 Å². The van der Waals surface area contributed by atoms with Gasteiger partial charge in [-0.2, -0.15) is 5.26 Å².